The first-order valence-corrected chi connectivity index (χ1v) is 11.2. The first kappa shape index (κ1) is 22.9. The van der Waals surface area contributed by atoms with E-state index in [1.165, 1.54) is 6.92 Å². The Labute approximate surface area is 199 Å². The van der Waals surface area contributed by atoms with Gasteiger partial charge in [0, 0.05) is 29.3 Å². The van der Waals surface area contributed by atoms with Crippen molar-refractivity contribution >= 4 is 29.1 Å². The van der Waals surface area contributed by atoms with E-state index in [1.807, 2.05) is 0 Å². The number of ketones is 1. The molecule has 1 aromatic heterocycles. The van der Waals surface area contributed by atoms with Crippen molar-refractivity contribution < 1.29 is 19.8 Å². The molecular formula is C25H20N4O4S. The summed E-state index contributed by atoms with van der Waals surface area (Å²) < 4.78 is 0. The van der Waals surface area contributed by atoms with Gasteiger partial charge in [0.05, 0.1) is 5.75 Å². The molecule has 0 aliphatic heterocycles. The van der Waals surface area contributed by atoms with Gasteiger partial charge in [0.15, 0.2) is 5.78 Å². The van der Waals surface area contributed by atoms with E-state index in [-0.39, 0.29) is 28.9 Å². The number of Topliss-reactive ketones (excluding diaryl/α,β-unsaturated/α-hetero) is 1. The lowest BCUT2D eigenvalue weighted by molar-refractivity contribution is -0.114. The fourth-order valence-corrected chi connectivity index (χ4v) is 3.84. The molecule has 3 N–H and O–H groups in total. The number of thioether (sulfide) groups is 1. The van der Waals surface area contributed by atoms with Crippen LogP contribution < -0.4 is 5.32 Å². The number of hydrogen-bond acceptors (Lipinski definition) is 8. The summed E-state index contributed by atoms with van der Waals surface area (Å²) in [6.07, 6.45) is 0. The lowest BCUT2D eigenvalue weighted by Crippen LogP contribution is -2.07. The smallest absolute Gasteiger partial charge is 0.221 e. The number of anilines is 1. The van der Waals surface area contributed by atoms with Gasteiger partial charge in [-0.1, -0.05) is 11.8 Å². The molecule has 0 unspecified atom stereocenters. The summed E-state index contributed by atoms with van der Waals surface area (Å²) in [5, 5.41) is 30.8. The first-order valence-electron chi connectivity index (χ1n) is 10.3. The van der Waals surface area contributed by atoms with Gasteiger partial charge in [0.25, 0.3) is 0 Å². The summed E-state index contributed by atoms with van der Waals surface area (Å²) >= 11 is 1.16. The van der Waals surface area contributed by atoms with E-state index in [0.717, 1.165) is 17.3 Å². The Bertz CT molecular complexity index is 1320. The van der Waals surface area contributed by atoms with Crippen LogP contribution in [0.2, 0.25) is 0 Å². The standard InChI is InChI=1S/C25H20N4O4S/c1-15(30)26-19-8-2-16(3-9-19)22(33)14-34-25-27-23(17-4-10-20(31)11-5-17)24(28-29-25)18-6-12-21(32)13-7-18/h2-13,31-32H,14H2,1H3,(H,26,30). The number of carbonyl (C=O) groups excluding carboxylic acids is 2. The van der Waals surface area contributed by atoms with Crippen LogP contribution in [0.5, 0.6) is 11.5 Å². The molecular weight excluding hydrogens is 452 g/mol. The lowest BCUT2D eigenvalue weighted by Gasteiger charge is -2.10. The summed E-state index contributed by atoms with van der Waals surface area (Å²) in [4.78, 5) is 28.4. The molecule has 8 nitrogen and oxygen atoms in total. The minimum atomic E-state index is -0.181. The van der Waals surface area contributed by atoms with Crippen molar-refractivity contribution in [3.63, 3.8) is 0 Å². The van der Waals surface area contributed by atoms with Crippen molar-refractivity contribution in [2.24, 2.45) is 0 Å². The highest BCUT2D eigenvalue weighted by Crippen LogP contribution is 2.31. The summed E-state index contributed by atoms with van der Waals surface area (Å²) in [7, 11) is 0. The van der Waals surface area contributed by atoms with E-state index in [1.54, 1.807) is 72.8 Å². The van der Waals surface area contributed by atoms with E-state index in [2.05, 4.69) is 20.5 Å². The van der Waals surface area contributed by atoms with Crippen molar-refractivity contribution in [1.29, 1.82) is 0 Å². The number of phenols is 2. The number of nitrogens with one attached hydrogen (secondary N) is 1. The summed E-state index contributed by atoms with van der Waals surface area (Å²) in [5.74, 6) is 0.0684. The average Bonchev–Trinajstić information content (AvgIpc) is 2.83. The van der Waals surface area contributed by atoms with E-state index in [9.17, 15) is 19.8 Å². The lowest BCUT2D eigenvalue weighted by atomic mass is 10.0. The number of amides is 1. The molecule has 0 saturated heterocycles. The molecule has 0 atom stereocenters. The van der Waals surface area contributed by atoms with Gasteiger partial charge in [0.2, 0.25) is 11.1 Å². The molecule has 0 aliphatic rings. The van der Waals surface area contributed by atoms with E-state index >= 15 is 0 Å². The van der Waals surface area contributed by atoms with Crippen LogP contribution >= 0.6 is 11.8 Å². The van der Waals surface area contributed by atoms with Crippen molar-refractivity contribution in [2.45, 2.75) is 12.1 Å². The highest BCUT2D eigenvalue weighted by atomic mass is 32.2. The number of hydrogen-bond donors (Lipinski definition) is 3. The molecule has 0 radical (unpaired) electrons. The second kappa shape index (κ2) is 10.1. The maximum Gasteiger partial charge on any atom is 0.221 e. The third-order valence-corrected chi connectivity index (χ3v) is 5.65. The molecule has 4 aromatic rings. The van der Waals surface area contributed by atoms with Crippen LogP contribution in [0.4, 0.5) is 5.69 Å². The fraction of sp³-hybridized carbons (Fsp3) is 0.0800. The molecule has 170 valence electrons. The maximum absolute atomic E-state index is 12.6. The Morgan fingerprint density at radius 2 is 1.35 bits per heavy atom. The average molecular weight is 473 g/mol. The second-order valence-electron chi connectivity index (χ2n) is 7.36. The van der Waals surface area contributed by atoms with Gasteiger partial charge in [-0.25, -0.2) is 4.98 Å². The molecule has 1 amide bonds. The molecule has 1 heterocycles. The van der Waals surface area contributed by atoms with Crippen LogP contribution in [-0.4, -0.2) is 42.8 Å². The van der Waals surface area contributed by atoms with Crippen molar-refractivity contribution in [3.8, 4) is 34.0 Å². The molecule has 0 fully saturated rings. The maximum atomic E-state index is 12.6. The number of nitrogens with zero attached hydrogens (tertiary/aromatic N) is 3. The zero-order valence-corrected chi connectivity index (χ0v) is 18.9. The summed E-state index contributed by atoms with van der Waals surface area (Å²) in [5.41, 5.74) is 3.61. The van der Waals surface area contributed by atoms with Crippen LogP contribution in [0.15, 0.2) is 78.0 Å². The molecule has 0 saturated carbocycles. The minimum Gasteiger partial charge on any atom is -0.508 e. The third kappa shape index (κ3) is 5.57. The second-order valence-corrected chi connectivity index (χ2v) is 8.30. The highest BCUT2D eigenvalue weighted by molar-refractivity contribution is 7.99. The molecule has 0 aliphatic carbocycles. The van der Waals surface area contributed by atoms with Crippen LogP contribution in [0.25, 0.3) is 22.5 Å². The van der Waals surface area contributed by atoms with Crippen molar-refractivity contribution in [2.75, 3.05) is 11.1 Å². The molecule has 9 heteroatoms. The van der Waals surface area contributed by atoms with Crippen LogP contribution in [0.1, 0.15) is 17.3 Å². The van der Waals surface area contributed by atoms with Gasteiger partial charge < -0.3 is 15.5 Å². The fourth-order valence-electron chi connectivity index (χ4n) is 3.16. The Hall–Kier alpha value is -4.24. The van der Waals surface area contributed by atoms with E-state index in [4.69, 9.17) is 0 Å². The molecule has 4 rings (SSSR count). The predicted octanol–water partition coefficient (Wildman–Crippen LogP) is 4.55. The largest absolute Gasteiger partial charge is 0.508 e. The predicted molar refractivity (Wildman–Crippen MR) is 130 cm³/mol. The quantitative estimate of drug-likeness (QED) is 0.264. The zero-order valence-electron chi connectivity index (χ0n) is 18.1. The summed E-state index contributed by atoms with van der Waals surface area (Å²) in [6, 6.07) is 19.7. The van der Waals surface area contributed by atoms with Gasteiger partial charge >= 0.3 is 0 Å². The Balaban J connectivity index is 1.57. The van der Waals surface area contributed by atoms with Gasteiger partial charge in [-0.2, -0.15) is 0 Å². The monoisotopic (exact) mass is 472 g/mol. The Morgan fingerprint density at radius 3 is 1.91 bits per heavy atom. The number of aromatic hydroxyl groups is 2. The van der Waals surface area contributed by atoms with E-state index < -0.39 is 0 Å². The molecule has 3 aromatic carbocycles. The van der Waals surface area contributed by atoms with Gasteiger partial charge in [-0.3, -0.25) is 9.59 Å². The zero-order chi connectivity index (χ0) is 24.1. The third-order valence-electron chi connectivity index (χ3n) is 4.81. The molecule has 0 spiro atoms. The van der Waals surface area contributed by atoms with Crippen LogP contribution in [0.3, 0.4) is 0 Å². The van der Waals surface area contributed by atoms with Gasteiger partial charge in [0.1, 0.15) is 22.9 Å². The highest BCUT2D eigenvalue weighted by Gasteiger charge is 2.16. The Kier molecular flexibility index (Phi) is 6.84. The number of phenolic OH excluding ortho intramolecular Hbond substituents is 2. The molecule has 0 bridgehead atoms. The first-order chi connectivity index (χ1) is 16.4. The molecule has 34 heavy (non-hydrogen) atoms. The SMILES string of the molecule is CC(=O)Nc1ccc(C(=O)CSc2nnc(-c3ccc(O)cc3)c(-c3ccc(O)cc3)n2)cc1. The van der Waals surface area contributed by atoms with E-state index in [0.29, 0.717) is 33.4 Å². The minimum absolute atomic E-state index is 0.106. The number of carbonyl (C=O) groups is 2. The Morgan fingerprint density at radius 1 is 0.794 bits per heavy atom. The summed E-state index contributed by atoms with van der Waals surface area (Å²) in [6.45, 7) is 1.42. The normalized spacial score (nSPS) is 10.6. The number of aromatic nitrogens is 3. The van der Waals surface area contributed by atoms with Crippen LogP contribution in [-0.2, 0) is 4.79 Å². The van der Waals surface area contributed by atoms with Crippen molar-refractivity contribution in [3.05, 3.63) is 78.4 Å². The number of rotatable bonds is 7. The van der Waals surface area contributed by atoms with Crippen molar-refractivity contribution in [1.82, 2.24) is 15.2 Å². The van der Waals surface area contributed by atoms with Gasteiger partial charge in [-0.05, 0) is 72.8 Å². The van der Waals surface area contributed by atoms with Crippen LogP contribution in [0, 0.1) is 0 Å². The topological polar surface area (TPSA) is 125 Å². The number of benzene rings is 3. The van der Waals surface area contributed by atoms with Gasteiger partial charge in [-0.15, -0.1) is 10.2 Å².